The van der Waals surface area contributed by atoms with Gasteiger partial charge in [0.15, 0.2) is 5.11 Å². The summed E-state index contributed by atoms with van der Waals surface area (Å²) in [5.74, 6) is 0.422. The van der Waals surface area contributed by atoms with Gasteiger partial charge in [-0.3, -0.25) is 9.69 Å². The molecule has 2 aromatic rings. The van der Waals surface area contributed by atoms with Gasteiger partial charge < -0.3 is 9.64 Å². The van der Waals surface area contributed by atoms with Gasteiger partial charge in [0.1, 0.15) is 17.4 Å². The second-order valence-electron chi connectivity index (χ2n) is 6.48. The Morgan fingerprint density at radius 1 is 1.15 bits per heavy atom. The molecule has 5 nitrogen and oxygen atoms in total. The van der Waals surface area contributed by atoms with E-state index in [4.69, 9.17) is 17.0 Å². The van der Waals surface area contributed by atoms with Crippen LogP contribution >= 0.6 is 12.2 Å². The third kappa shape index (κ3) is 2.21. The van der Waals surface area contributed by atoms with Gasteiger partial charge in [0.05, 0.1) is 18.4 Å². The smallest absolute Gasteiger partial charge is 0.259 e. The van der Waals surface area contributed by atoms with E-state index in [1.807, 2.05) is 35.2 Å². The molecule has 0 radical (unpaired) electrons. The molecule has 1 spiro atoms. The summed E-state index contributed by atoms with van der Waals surface area (Å²) in [6.45, 7) is 0. The second kappa shape index (κ2) is 6.11. The van der Waals surface area contributed by atoms with Crippen LogP contribution in [0.3, 0.4) is 0 Å². The average molecular weight is 363 g/mol. The molecule has 1 saturated carbocycles. The van der Waals surface area contributed by atoms with Gasteiger partial charge in [-0.2, -0.15) is 5.26 Å². The van der Waals surface area contributed by atoms with E-state index in [1.165, 1.54) is 7.11 Å². The Morgan fingerprint density at radius 2 is 1.88 bits per heavy atom. The molecule has 0 aromatic heterocycles. The van der Waals surface area contributed by atoms with E-state index < -0.39 is 5.54 Å². The molecule has 0 unspecified atom stereocenters. The van der Waals surface area contributed by atoms with Gasteiger partial charge in [0.2, 0.25) is 0 Å². The number of hydrogen-bond acceptors (Lipinski definition) is 4. The van der Waals surface area contributed by atoms with Gasteiger partial charge in [-0.1, -0.05) is 18.2 Å². The molecule has 1 aliphatic heterocycles. The standard InChI is InChI=1S/C20H17N3O2S/c1-25-17-12-16(9-8-14(17)13-21)22-18(24)20(10-5-11-20)23(19(22)26)15-6-3-2-4-7-15/h2-4,6-9,12H,5,10-11H2,1H3. The number of thiocarbonyl (C=S) groups is 1. The lowest BCUT2D eigenvalue weighted by Gasteiger charge is -2.43. The van der Waals surface area contributed by atoms with Crippen LogP contribution in [0.25, 0.3) is 0 Å². The van der Waals surface area contributed by atoms with Crippen LogP contribution in [0, 0.1) is 11.3 Å². The van der Waals surface area contributed by atoms with Crippen molar-refractivity contribution in [3.63, 3.8) is 0 Å². The predicted molar refractivity (Wildman–Crippen MR) is 103 cm³/mol. The summed E-state index contributed by atoms with van der Waals surface area (Å²) in [6, 6.07) is 17.0. The molecule has 0 N–H and O–H groups in total. The Morgan fingerprint density at radius 3 is 2.46 bits per heavy atom. The molecule has 1 saturated heterocycles. The Balaban J connectivity index is 1.80. The minimum Gasteiger partial charge on any atom is -0.495 e. The third-order valence-corrected chi connectivity index (χ3v) is 5.54. The highest BCUT2D eigenvalue weighted by Gasteiger charge is 2.59. The number of nitriles is 1. The zero-order valence-corrected chi connectivity index (χ0v) is 15.1. The number of benzene rings is 2. The van der Waals surface area contributed by atoms with E-state index in [0.717, 1.165) is 24.9 Å². The number of amides is 1. The average Bonchev–Trinajstić information content (AvgIpc) is 2.88. The molecule has 6 heteroatoms. The van der Waals surface area contributed by atoms with Crippen LogP contribution in [-0.2, 0) is 4.79 Å². The highest BCUT2D eigenvalue weighted by atomic mass is 32.1. The van der Waals surface area contributed by atoms with Gasteiger partial charge >= 0.3 is 0 Å². The Bertz CT molecular complexity index is 932. The van der Waals surface area contributed by atoms with Gasteiger partial charge in [-0.25, -0.2) is 0 Å². The quantitative estimate of drug-likeness (QED) is 0.780. The van der Waals surface area contributed by atoms with Gasteiger partial charge in [-0.15, -0.1) is 0 Å². The van der Waals surface area contributed by atoms with Crippen molar-refractivity contribution in [2.75, 3.05) is 16.9 Å². The molecule has 1 aliphatic carbocycles. The van der Waals surface area contributed by atoms with Crippen LogP contribution in [0.1, 0.15) is 24.8 Å². The number of methoxy groups -OCH3 is 1. The fourth-order valence-corrected chi connectivity index (χ4v) is 4.16. The summed E-state index contributed by atoms with van der Waals surface area (Å²) < 4.78 is 5.29. The van der Waals surface area contributed by atoms with E-state index >= 15 is 0 Å². The number of hydrogen-bond donors (Lipinski definition) is 0. The largest absolute Gasteiger partial charge is 0.495 e. The fraction of sp³-hybridized carbons (Fsp3) is 0.250. The number of para-hydroxylation sites is 1. The molecule has 0 bridgehead atoms. The first-order chi connectivity index (χ1) is 12.6. The zero-order valence-electron chi connectivity index (χ0n) is 14.3. The number of carbonyl (C=O) groups excluding carboxylic acids is 1. The summed E-state index contributed by atoms with van der Waals surface area (Å²) in [7, 11) is 1.51. The molecule has 1 heterocycles. The molecule has 2 aliphatic rings. The molecular formula is C20H17N3O2S. The van der Waals surface area contributed by atoms with Gasteiger partial charge in [0.25, 0.3) is 5.91 Å². The lowest BCUT2D eigenvalue weighted by Crippen LogP contribution is -2.55. The van der Waals surface area contributed by atoms with Crippen molar-refractivity contribution in [3.05, 3.63) is 54.1 Å². The summed E-state index contributed by atoms with van der Waals surface area (Å²) >= 11 is 5.72. The van der Waals surface area contributed by atoms with Gasteiger partial charge in [-0.05, 0) is 55.7 Å². The molecule has 0 atom stereocenters. The van der Waals surface area contributed by atoms with Crippen LogP contribution < -0.4 is 14.5 Å². The highest BCUT2D eigenvalue weighted by molar-refractivity contribution is 7.81. The maximum absolute atomic E-state index is 13.3. The zero-order chi connectivity index (χ0) is 18.3. The molecular weight excluding hydrogens is 346 g/mol. The van der Waals surface area contributed by atoms with Crippen molar-refractivity contribution >= 4 is 34.6 Å². The Labute approximate surface area is 157 Å². The molecule has 130 valence electrons. The van der Waals surface area contributed by atoms with E-state index in [1.54, 1.807) is 23.1 Å². The Hall–Kier alpha value is -2.91. The van der Waals surface area contributed by atoms with Crippen molar-refractivity contribution in [1.82, 2.24) is 0 Å². The minimum atomic E-state index is -0.598. The van der Waals surface area contributed by atoms with Gasteiger partial charge in [0, 0.05) is 11.8 Å². The lowest BCUT2D eigenvalue weighted by atomic mass is 9.75. The summed E-state index contributed by atoms with van der Waals surface area (Å²) in [6.07, 6.45) is 2.57. The van der Waals surface area contributed by atoms with Crippen LogP contribution in [0.4, 0.5) is 11.4 Å². The number of rotatable bonds is 3. The molecule has 1 amide bonds. The third-order valence-electron chi connectivity index (χ3n) is 5.17. The van der Waals surface area contributed by atoms with Crippen LogP contribution in [0.5, 0.6) is 5.75 Å². The van der Waals surface area contributed by atoms with E-state index in [-0.39, 0.29) is 5.91 Å². The highest BCUT2D eigenvalue weighted by Crippen LogP contribution is 2.48. The van der Waals surface area contributed by atoms with Crippen LogP contribution in [0.15, 0.2) is 48.5 Å². The summed E-state index contributed by atoms with van der Waals surface area (Å²) in [5.41, 5.74) is 1.38. The van der Waals surface area contributed by atoms with E-state index in [9.17, 15) is 10.1 Å². The molecule has 2 fully saturated rings. The number of ether oxygens (including phenoxy) is 1. The van der Waals surface area contributed by atoms with Crippen LogP contribution in [0.2, 0.25) is 0 Å². The first-order valence-corrected chi connectivity index (χ1v) is 8.85. The second-order valence-corrected chi connectivity index (χ2v) is 6.84. The van der Waals surface area contributed by atoms with E-state index in [0.29, 0.717) is 22.1 Å². The monoisotopic (exact) mass is 363 g/mol. The molecule has 4 rings (SSSR count). The Kier molecular flexibility index (Phi) is 3.89. The summed E-state index contributed by atoms with van der Waals surface area (Å²) in [5, 5.41) is 9.65. The number of nitrogens with zero attached hydrogens (tertiary/aromatic N) is 3. The van der Waals surface area contributed by atoms with Crippen molar-refractivity contribution < 1.29 is 9.53 Å². The van der Waals surface area contributed by atoms with E-state index in [2.05, 4.69) is 6.07 Å². The van der Waals surface area contributed by atoms with Crippen molar-refractivity contribution in [3.8, 4) is 11.8 Å². The van der Waals surface area contributed by atoms with Crippen molar-refractivity contribution in [2.45, 2.75) is 24.8 Å². The van der Waals surface area contributed by atoms with Crippen molar-refractivity contribution in [1.29, 1.82) is 5.26 Å². The number of carbonyl (C=O) groups is 1. The first kappa shape index (κ1) is 16.6. The summed E-state index contributed by atoms with van der Waals surface area (Å²) in [4.78, 5) is 16.9. The fourth-order valence-electron chi connectivity index (χ4n) is 3.70. The first-order valence-electron chi connectivity index (χ1n) is 8.44. The number of anilines is 2. The maximum Gasteiger partial charge on any atom is 0.259 e. The molecule has 2 aromatic carbocycles. The maximum atomic E-state index is 13.3. The van der Waals surface area contributed by atoms with Crippen molar-refractivity contribution in [2.24, 2.45) is 0 Å². The molecule has 26 heavy (non-hydrogen) atoms. The normalized spacial score (nSPS) is 18.0. The SMILES string of the molecule is COc1cc(N2C(=O)C3(CCC3)N(c3ccccc3)C2=S)ccc1C#N. The topological polar surface area (TPSA) is 56.6 Å². The minimum absolute atomic E-state index is 0.00985. The predicted octanol–water partition coefficient (Wildman–Crippen LogP) is 3.63. The van der Waals surface area contributed by atoms with Crippen LogP contribution in [-0.4, -0.2) is 23.7 Å². The lowest BCUT2D eigenvalue weighted by molar-refractivity contribution is -0.123.